The molecule has 2 amide bonds. The number of rotatable bonds is 3. The Bertz CT molecular complexity index is 614. The summed E-state index contributed by atoms with van der Waals surface area (Å²) in [4.78, 5) is 29.2. The lowest BCUT2D eigenvalue weighted by molar-refractivity contribution is -0.159. The molecule has 2 unspecified atom stereocenters. The summed E-state index contributed by atoms with van der Waals surface area (Å²) >= 11 is 0. The van der Waals surface area contributed by atoms with Crippen LogP contribution in [0.25, 0.3) is 0 Å². The fourth-order valence-electron chi connectivity index (χ4n) is 3.52. The van der Waals surface area contributed by atoms with E-state index in [2.05, 4.69) is 0 Å². The molecule has 2 aliphatic heterocycles. The van der Waals surface area contributed by atoms with Crippen molar-refractivity contribution in [2.75, 3.05) is 13.2 Å². The zero-order valence-electron chi connectivity index (χ0n) is 14.7. The average molecular weight is 330 g/mol. The van der Waals surface area contributed by atoms with Gasteiger partial charge in [-0.15, -0.1) is 0 Å². The van der Waals surface area contributed by atoms with Crippen molar-refractivity contribution in [3.63, 3.8) is 0 Å². The smallest absolute Gasteiger partial charge is 0.246 e. The summed E-state index contributed by atoms with van der Waals surface area (Å²) in [6.07, 6.45) is 1.08. The number of nitrogens with zero attached hydrogens (tertiary/aromatic N) is 2. The molecule has 0 radical (unpaired) electrons. The minimum Gasteiger partial charge on any atom is -0.374 e. The first kappa shape index (κ1) is 17.0. The van der Waals surface area contributed by atoms with E-state index in [0.29, 0.717) is 32.5 Å². The van der Waals surface area contributed by atoms with Crippen molar-refractivity contribution in [3.8, 4) is 0 Å². The number of amides is 2. The van der Waals surface area contributed by atoms with E-state index in [1.165, 1.54) is 0 Å². The Morgan fingerprint density at radius 1 is 1.29 bits per heavy atom. The highest BCUT2D eigenvalue weighted by Crippen LogP contribution is 2.28. The van der Waals surface area contributed by atoms with Crippen molar-refractivity contribution in [1.82, 2.24) is 9.80 Å². The average Bonchev–Trinajstić information content (AvgIpc) is 2.91. The van der Waals surface area contributed by atoms with E-state index in [4.69, 9.17) is 4.74 Å². The number of benzene rings is 1. The molecule has 1 aromatic rings. The molecule has 0 N–H and O–H groups in total. The second kappa shape index (κ2) is 6.55. The molecule has 130 valence electrons. The van der Waals surface area contributed by atoms with Crippen LogP contribution in [-0.2, 0) is 20.9 Å². The first-order chi connectivity index (χ1) is 11.4. The van der Waals surface area contributed by atoms with Crippen molar-refractivity contribution in [1.29, 1.82) is 0 Å². The van der Waals surface area contributed by atoms with Crippen LogP contribution >= 0.6 is 0 Å². The van der Waals surface area contributed by atoms with Crippen LogP contribution in [0.15, 0.2) is 30.3 Å². The molecule has 2 fully saturated rings. The molecule has 2 aliphatic rings. The summed E-state index contributed by atoms with van der Waals surface area (Å²) in [6.45, 7) is 7.63. The number of carbonyl (C=O) groups excluding carboxylic acids is 2. The van der Waals surface area contributed by atoms with Gasteiger partial charge in [-0.1, -0.05) is 30.3 Å². The molecule has 0 aliphatic carbocycles. The van der Waals surface area contributed by atoms with E-state index in [0.717, 1.165) is 5.56 Å². The fraction of sp³-hybridized carbons (Fsp3) is 0.579. The molecule has 2 heterocycles. The number of hydrogen-bond donors (Lipinski definition) is 0. The second-order valence-electron chi connectivity index (χ2n) is 7.44. The molecule has 24 heavy (non-hydrogen) atoms. The largest absolute Gasteiger partial charge is 0.374 e. The molecule has 3 rings (SSSR count). The SMILES string of the molecule is CC1CN(C(=O)C2CCC(=O)N2Cc2ccccc2)C(C)(C)CO1. The topological polar surface area (TPSA) is 49.9 Å². The Labute approximate surface area is 143 Å². The molecule has 5 nitrogen and oxygen atoms in total. The van der Waals surface area contributed by atoms with Crippen molar-refractivity contribution in [3.05, 3.63) is 35.9 Å². The van der Waals surface area contributed by atoms with Crippen molar-refractivity contribution in [2.24, 2.45) is 0 Å². The van der Waals surface area contributed by atoms with E-state index < -0.39 is 0 Å². The Morgan fingerprint density at radius 2 is 2.00 bits per heavy atom. The van der Waals surface area contributed by atoms with E-state index in [9.17, 15) is 9.59 Å². The van der Waals surface area contributed by atoms with Crippen LogP contribution in [0, 0.1) is 0 Å². The normalized spacial score (nSPS) is 26.7. The van der Waals surface area contributed by atoms with Gasteiger partial charge in [0.25, 0.3) is 0 Å². The molecule has 0 spiro atoms. The predicted octanol–water partition coefficient (Wildman–Crippen LogP) is 2.20. The molecule has 1 aromatic carbocycles. The zero-order chi connectivity index (χ0) is 17.3. The van der Waals surface area contributed by atoms with Crippen LogP contribution in [0.3, 0.4) is 0 Å². The maximum Gasteiger partial charge on any atom is 0.246 e. The molecule has 2 atom stereocenters. The molecule has 5 heteroatoms. The van der Waals surface area contributed by atoms with Gasteiger partial charge >= 0.3 is 0 Å². The van der Waals surface area contributed by atoms with Crippen LogP contribution in [-0.4, -0.2) is 52.5 Å². The molecule has 2 saturated heterocycles. The van der Waals surface area contributed by atoms with Crippen molar-refractivity contribution >= 4 is 11.8 Å². The predicted molar refractivity (Wildman–Crippen MR) is 91.2 cm³/mol. The van der Waals surface area contributed by atoms with E-state index >= 15 is 0 Å². The van der Waals surface area contributed by atoms with Crippen LogP contribution in [0.2, 0.25) is 0 Å². The van der Waals surface area contributed by atoms with Gasteiger partial charge in [-0.2, -0.15) is 0 Å². The standard InChI is InChI=1S/C19H26N2O3/c1-14-11-21(19(2,3)13-24-14)18(23)16-9-10-17(22)20(16)12-15-7-5-4-6-8-15/h4-8,14,16H,9-13H2,1-3H3. The first-order valence-electron chi connectivity index (χ1n) is 8.65. The highest BCUT2D eigenvalue weighted by atomic mass is 16.5. The lowest BCUT2D eigenvalue weighted by Gasteiger charge is -2.46. The second-order valence-corrected chi connectivity index (χ2v) is 7.44. The number of hydrogen-bond acceptors (Lipinski definition) is 3. The monoisotopic (exact) mass is 330 g/mol. The first-order valence-corrected chi connectivity index (χ1v) is 8.65. The van der Waals surface area contributed by atoms with Crippen LogP contribution < -0.4 is 0 Å². The maximum atomic E-state index is 13.2. The van der Waals surface area contributed by atoms with Crippen molar-refractivity contribution in [2.45, 2.75) is 57.8 Å². The molecular formula is C19H26N2O3. The van der Waals surface area contributed by atoms with Gasteiger partial charge in [0.2, 0.25) is 11.8 Å². The van der Waals surface area contributed by atoms with Gasteiger partial charge in [0.1, 0.15) is 6.04 Å². The van der Waals surface area contributed by atoms with Gasteiger partial charge in [-0.05, 0) is 32.8 Å². The minimum atomic E-state index is -0.359. The van der Waals surface area contributed by atoms with Gasteiger partial charge in [-0.25, -0.2) is 0 Å². The highest BCUT2D eigenvalue weighted by molar-refractivity contribution is 5.91. The van der Waals surface area contributed by atoms with Gasteiger partial charge in [0.15, 0.2) is 0 Å². The van der Waals surface area contributed by atoms with Gasteiger partial charge < -0.3 is 14.5 Å². The minimum absolute atomic E-state index is 0.0293. The Hall–Kier alpha value is -1.88. The number of carbonyl (C=O) groups is 2. The van der Waals surface area contributed by atoms with Gasteiger partial charge in [0.05, 0.1) is 18.2 Å². The van der Waals surface area contributed by atoms with Crippen LogP contribution in [0.4, 0.5) is 0 Å². The van der Waals surface area contributed by atoms with E-state index in [-0.39, 0.29) is 29.5 Å². The molecule has 0 aromatic heterocycles. The van der Waals surface area contributed by atoms with E-state index in [1.54, 1.807) is 4.90 Å². The quantitative estimate of drug-likeness (QED) is 0.854. The number of likely N-dealkylation sites (tertiary alicyclic amines) is 1. The summed E-state index contributed by atoms with van der Waals surface area (Å²) in [5.74, 6) is 0.119. The number of ether oxygens (including phenoxy) is 1. The summed E-state index contributed by atoms with van der Waals surface area (Å²) in [5, 5.41) is 0. The van der Waals surface area contributed by atoms with Gasteiger partial charge in [0, 0.05) is 19.5 Å². The Morgan fingerprint density at radius 3 is 2.71 bits per heavy atom. The maximum absolute atomic E-state index is 13.2. The zero-order valence-corrected chi connectivity index (χ0v) is 14.7. The van der Waals surface area contributed by atoms with Gasteiger partial charge in [-0.3, -0.25) is 9.59 Å². The summed E-state index contributed by atoms with van der Waals surface area (Å²) in [6, 6.07) is 9.50. The Balaban J connectivity index is 1.78. The van der Waals surface area contributed by atoms with E-state index in [1.807, 2.05) is 56.0 Å². The summed E-state index contributed by atoms with van der Waals surface area (Å²) in [7, 11) is 0. The van der Waals surface area contributed by atoms with Crippen LogP contribution in [0.5, 0.6) is 0 Å². The molecule has 0 saturated carbocycles. The lowest BCUT2D eigenvalue weighted by atomic mass is 9.99. The highest BCUT2D eigenvalue weighted by Gasteiger charge is 2.44. The third kappa shape index (κ3) is 3.31. The lowest BCUT2D eigenvalue weighted by Crippen LogP contribution is -2.61. The third-order valence-electron chi connectivity index (χ3n) is 4.97. The summed E-state index contributed by atoms with van der Waals surface area (Å²) < 4.78 is 5.71. The number of morpholine rings is 1. The Kier molecular flexibility index (Phi) is 4.63. The van der Waals surface area contributed by atoms with Crippen LogP contribution in [0.1, 0.15) is 39.2 Å². The summed E-state index contributed by atoms with van der Waals surface area (Å²) in [5.41, 5.74) is 0.716. The fourth-order valence-corrected chi connectivity index (χ4v) is 3.52. The molecule has 0 bridgehead atoms. The van der Waals surface area contributed by atoms with Crippen molar-refractivity contribution < 1.29 is 14.3 Å². The molecular weight excluding hydrogens is 304 g/mol. The third-order valence-corrected chi connectivity index (χ3v) is 4.97.